The quantitative estimate of drug-likeness (QED) is 0.320. The molecule has 8 nitrogen and oxygen atoms in total. The van der Waals surface area contributed by atoms with Crippen LogP contribution in [-0.2, 0) is 6.61 Å². The van der Waals surface area contributed by atoms with Crippen molar-refractivity contribution in [3.8, 4) is 11.5 Å². The molecule has 0 bridgehead atoms. The lowest BCUT2D eigenvalue weighted by Gasteiger charge is -2.08. The predicted molar refractivity (Wildman–Crippen MR) is 132 cm³/mol. The molecule has 0 atom stereocenters. The van der Waals surface area contributed by atoms with Gasteiger partial charge < -0.3 is 25.8 Å². The largest absolute Gasteiger partial charge is 0.497 e. The fourth-order valence-electron chi connectivity index (χ4n) is 3.04. The summed E-state index contributed by atoms with van der Waals surface area (Å²) in [6.45, 7) is 0.430. The second-order valence-corrected chi connectivity index (χ2v) is 8.17. The minimum atomic E-state index is -0.737. The van der Waals surface area contributed by atoms with Gasteiger partial charge in [-0.2, -0.15) is 0 Å². The number of methoxy groups -OCH3 is 1. The maximum Gasteiger partial charge on any atom is 0.270 e. The number of nitrogens with two attached hydrogens (primary N) is 1. The first kappa shape index (κ1) is 22.8. The molecule has 2 amide bonds. The van der Waals surface area contributed by atoms with Crippen LogP contribution in [0, 0.1) is 0 Å². The van der Waals surface area contributed by atoms with E-state index in [-0.39, 0.29) is 10.7 Å². The lowest BCUT2D eigenvalue weighted by molar-refractivity contribution is 0.0997. The molecule has 0 saturated carbocycles. The fourth-order valence-corrected chi connectivity index (χ4v) is 3.93. The predicted octanol–water partition coefficient (Wildman–Crippen LogP) is 4.83. The van der Waals surface area contributed by atoms with Crippen molar-refractivity contribution in [2.24, 2.45) is 5.73 Å². The van der Waals surface area contributed by atoms with E-state index in [1.807, 2.05) is 42.5 Å². The summed E-state index contributed by atoms with van der Waals surface area (Å²) in [5.41, 5.74) is 7.65. The molecule has 0 aliphatic rings. The van der Waals surface area contributed by atoms with Gasteiger partial charge in [-0.05, 0) is 54.1 Å². The Morgan fingerprint density at radius 3 is 2.26 bits per heavy atom. The number of hydrogen-bond donors (Lipinski definition) is 3. The monoisotopic (exact) mass is 474 g/mol. The Balaban J connectivity index is 1.42. The van der Waals surface area contributed by atoms with Crippen molar-refractivity contribution in [2.45, 2.75) is 6.61 Å². The van der Waals surface area contributed by atoms with Crippen LogP contribution in [0.3, 0.4) is 0 Å². The maximum atomic E-state index is 12.8. The zero-order chi connectivity index (χ0) is 23.9. The van der Waals surface area contributed by atoms with Crippen LogP contribution in [0.2, 0.25) is 0 Å². The SMILES string of the molecule is COc1ccc(Nc2nc(C(N)=O)c(NC(=O)c3ccc(OCc4ccccc4)cc3)s2)cc1. The third-order valence-electron chi connectivity index (χ3n) is 4.79. The smallest absolute Gasteiger partial charge is 0.270 e. The molecule has 4 rings (SSSR count). The van der Waals surface area contributed by atoms with Gasteiger partial charge in [0.25, 0.3) is 11.8 Å². The molecule has 0 fully saturated rings. The topological polar surface area (TPSA) is 116 Å². The Labute approximate surface area is 200 Å². The lowest BCUT2D eigenvalue weighted by Crippen LogP contribution is -2.17. The van der Waals surface area contributed by atoms with Crippen LogP contribution in [0.5, 0.6) is 11.5 Å². The van der Waals surface area contributed by atoms with Gasteiger partial charge in [-0.25, -0.2) is 4.98 Å². The maximum absolute atomic E-state index is 12.8. The number of rotatable bonds is 9. The summed E-state index contributed by atoms with van der Waals surface area (Å²) in [5, 5.41) is 6.50. The van der Waals surface area contributed by atoms with Gasteiger partial charge in [0.2, 0.25) is 0 Å². The van der Waals surface area contributed by atoms with E-state index in [1.54, 1.807) is 43.5 Å². The number of carbonyl (C=O) groups is 2. The van der Waals surface area contributed by atoms with Crippen LogP contribution < -0.4 is 25.8 Å². The van der Waals surface area contributed by atoms with E-state index in [4.69, 9.17) is 15.2 Å². The van der Waals surface area contributed by atoms with Crippen molar-refractivity contribution in [3.05, 3.63) is 95.7 Å². The standard InChI is InChI=1S/C25H22N4O4S/c1-32-19-13-9-18(10-14-19)27-25-28-21(22(26)30)24(34-25)29-23(31)17-7-11-20(12-8-17)33-15-16-5-3-2-4-6-16/h2-14H,15H2,1H3,(H2,26,30)(H,27,28)(H,29,31). The molecule has 0 radical (unpaired) electrons. The highest BCUT2D eigenvalue weighted by atomic mass is 32.1. The van der Waals surface area contributed by atoms with Crippen molar-refractivity contribution in [1.29, 1.82) is 0 Å². The third kappa shape index (κ3) is 5.70. The molecular weight excluding hydrogens is 452 g/mol. The molecule has 3 aromatic carbocycles. The first-order chi connectivity index (χ1) is 16.5. The second-order valence-electron chi connectivity index (χ2n) is 7.17. The molecule has 4 N–H and O–H groups in total. The van der Waals surface area contributed by atoms with Crippen molar-refractivity contribution >= 4 is 39.0 Å². The van der Waals surface area contributed by atoms with Gasteiger partial charge in [-0.3, -0.25) is 9.59 Å². The number of aromatic nitrogens is 1. The molecule has 1 aromatic heterocycles. The number of ether oxygens (including phenoxy) is 2. The van der Waals surface area contributed by atoms with E-state index in [2.05, 4.69) is 15.6 Å². The van der Waals surface area contributed by atoms with E-state index >= 15 is 0 Å². The number of hydrogen-bond acceptors (Lipinski definition) is 7. The highest BCUT2D eigenvalue weighted by molar-refractivity contribution is 7.20. The Morgan fingerprint density at radius 1 is 0.941 bits per heavy atom. The van der Waals surface area contributed by atoms with Crippen molar-refractivity contribution in [1.82, 2.24) is 4.98 Å². The fraction of sp³-hybridized carbons (Fsp3) is 0.0800. The van der Waals surface area contributed by atoms with Crippen LogP contribution in [0.1, 0.15) is 26.4 Å². The molecule has 0 saturated heterocycles. The van der Waals surface area contributed by atoms with E-state index < -0.39 is 11.8 Å². The van der Waals surface area contributed by atoms with Gasteiger partial charge in [-0.15, -0.1) is 0 Å². The molecule has 0 aliphatic heterocycles. The van der Waals surface area contributed by atoms with Crippen LogP contribution in [-0.4, -0.2) is 23.9 Å². The average molecular weight is 475 g/mol. The summed E-state index contributed by atoms with van der Waals surface area (Å²) in [6, 6.07) is 23.7. The molecular formula is C25H22N4O4S. The minimum Gasteiger partial charge on any atom is -0.497 e. The molecule has 4 aromatic rings. The Hall–Kier alpha value is -4.37. The number of carbonyl (C=O) groups excluding carboxylic acids is 2. The van der Waals surface area contributed by atoms with E-state index in [1.165, 1.54) is 0 Å². The highest BCUT2D eigenvalue weighted by Crippen LogP contribution is 2.31. The molecule has 172 valence electrons. The molecule has 0 aliphatic carbocycles. The second kappa shape index (κ2) is 10.5. The number of thiazole rings is 1. The van der Waals surface area contributed by atoms with Crippen molar-refractivity contribution in [2.75, 3.05) is 17.7 Å². The summed E-state index contributed by atoms with van der Waals surface area (Å²) in [6.07, 6.45) is 0. The normalized spacial score (nSPS) is 10.4. The number of amides is 2. The van der Waals surface area contributed by atoms with Gasteiger partial charge in [0, 0.05) is 11.3 Å². The van der Waals surface area contributed by atoms with Gasteiger partial charge in [0.05, 0.1) is 7.11 Å². The average Bonchev–Trinajstić information content (AvgIpc) is 3.26. The molecule has 34 heavy (non-hydrogen) atoms. The van der Waals surface area contributed by atoms with Crippen molar-refractivity contribution < 1.29 is 19.1 Å². The molecule has 9 heteroatoms. The Morgan fingerprint density at radius 2 is 1.62 bits per heavy atom. The summed E-state index contributed by atoms with van der Waals surface area (Å²) in [4.78, 5) is 28.9. The van der Waals surface area contributed by atoms with Gasteiger partial charge >= 0.3 is 0 Å². The first-order valence-corrected chi connectivity index (χ1v) is 11.1. The van der Waals surface area contributed by atoms with Crippen LogP contribution in [0.15, 0.2) is 78.9 Å². The van der Waals surface area contributed by atoms with Crippen LogP contribution >= 0.6 is 11.3 Å². The number of anilines is 3. The summed E-state index contributed by atoms with van der Waals surface area (Å²) in [7, 11) is 1.59. The number of nitrogens with zero attached hydrogens (tertiary/aromatic N) is 1. The number of primary amides is 1. The molecule has 1 heterocycles. The third-order valence-corrected chi connectivity index (χ3v) is 5.68. The molecule has 0 unspecified atom stereocenters. The number of nitrogens with one attached hydrogen (secondary N) is 2. The van der Waals surface area contributed by atoms with Gasteiger partial charge in [0.1, 0.15) is 23.1 Å². The van der Waals surface area contributed by atoms with Crippen LogP contribution in [0.4, 0.5) is 15.8 Å². The Kier molecular flexibility index (Phi) is 7.04. The van der Waals surface area contributed by atoms with E-state index in [0.717, 1.165) is 22.6 Å². The zero-order valence-corrected chi connectivity index (χ0v) is 19.1. The first-order valence-electron chi connectivity index (χ1n) is 10.3. The van der Waals surface area contributed by atoms with Gasteiger partial charge in [0.15, 0.2) is 10.8 Å². The van der Waals surface area contributed by atoms with Gasteiger partial charge in [-0.1, -0.05) is 41.7 Å². The minimum absolute atomic E-state index is 0.0165. The Bertz CT molecular complexity index is 1270. The van der Waals surface area contributed by atoms with Crippen LogP contribution in [0.25, 0.3) is 0 Å². The van der Waals surface area contributed by atoms with E-state index in [9.17, 15) is 9.59 Å². The lowest BCUT2D eigenvalue weighted by atomic mass is 10.2. The number of benzene rings is 3. The summed E-state index contributed by atoms with van der Waals surface area (Å²) in [5.74, 6) is 0.227. The summed E-state index contributed by atoms with van der Waals surface area (Å²) >= 11 is 1.11. The van der Waals surface area contributed by atoms with Crippen molar-refractivity contribution in [3.63, 3.8) is 0 Å². The summed E-state index contributed by atoms with van der Waals surface area (Å²) < 4.78 is 10.9. The molecule has 0 spiro atoms. The zero-order valence-electron chi connectivity index (χ0n) is 18.3. The van der Waals surface area contributed by atoms with E-state index in [0.29, 0.717) is 28.8 Å². The highest BCUT2D eigenvalue weighted by Gasteiger charge is 2.19.